The number of imide groups is 1. The molecule has 0 unspecified atom stereocenters. The lowest BCUT2D eigenvalue weighted by atomic mass is 9.85. The highest BCUT2D eigenvalue weighted by Crippen LogP contribution is 2.53. The van der Waals surface area contributed by atoms with E-state index in [2.05, 4.69) is 36.3 Å². The summed E-state index contributed by atoms with van der Waals surface area (Å²) >= 11 is 0. The van der Waals surface area contributed by atoms with Crippen LogP contribution in [-0.2, 0) is 16.1 Å². The van der Waals surface area contributed by atoms with Gasteiger partial charge in [-0.15, -0.1) is 0 Å². The molecule has 5 rings (SSSR count). The van der Waals surface area contributed by atoms with Crippen LogP contribution in [0.25, 0.3) is 0 Å². The third kappa shape index (κ3) is 2.20. The van der Waals surface area contributed by atoms with Crippen molar-refractivity contribution < 1.29 is 9.59 Å². The van der Waals surface area contributed by atoms with E-state index in [0.29, 0.717) is 12.2 Å². The molecule has 1 aromatic heterocycles. The second kappa shape index (κ2) is 5.65. The molecular formula is C22H23N3O2. The van der Waals surface area contributed by atoms with Gasteiger partial charge in [-0.25, -0.2) is 4.90 Å². The van der Waals surface area contributed by atoms with Crippen LogP contribution in [0.2, 0.25) is 0 Å². The lowest BCUT2D eigenvalue weighted by Gasteiger charge is -2.18. The first kappa shape index (κ1) is 16.5. The number of hydrogen-bond acceptors (Lipinski definition) is 3. The van der Waals surface area contributed by atoms with Crippen LogP contribution >= 0.6 is 0 Å². The van der Waals surface area contributed by atoms with Crippen molar-refractivity contribution >= 4 is 17.5 Å². The maximum absolute atomic E-state index is 13.1. The van der Waals surface area contributed by atoms with Gasteiger partial charge in [0.15, 0.2) is 0 Å². The van der Waals surface area contributed by atoms with Gasteiger partial charge in [0, 0.05) is 0 Å². The van der Waals surface area contributed by atoms with Crippen LogP contribution in [0, 0.1) is 44.4 Å². The van der Waals surface area contributed by atoms with Crippen molar-refractivity contribution in [2.24, 2.45) is 23.7 Å². The molecule has 2 fully saturated rings. The van der Waals surface area contributed by atoms with E-state index in [9.17, 15) is 9.59 Å². The summed E-state index contributed by atoms with van der Waals surface area (Å²) in [6, 6.07) is 8.21. The summed E-state index contributed by atoms with van der Waals surface area (Å²) in [5.41, 5.74) is 4.69. The van der Waals surface area contributed by atoms with E-state index in [0.717, 1.165) is 17.8 Å². The molecule has 138 valence electrons. The molecule has 1 saturated heterocycles. The fourth-order valence-corrected chi connectivity index (χ4v) is 5.24. The SMILES string of the molecule is Cc1ccccc1Cn1nc(C)c(N2C(=O)[C@@H]3[C@H](C2=O)[C@H]2C=C[C@H]3C2)c1C. The van der Waals surface area contributed by atoms with Gasteiger partial charge in [0.2, 0.25) is 11.8 Å². The molecular weight excluding hydrogens is 338 g/mol. The van der Waals surface area contributed by atoms with Crippen molar-refractivity contribution in [2.75, 3.05) is 4.90 Å². The van der Waals surface area contributed by atoms with E-state index < -0.39 is 0 Å². The smallest absolute Gasteiger partial charge is 0.238 e. The molecule has 3 aliphatic rings. The highest BCUT2D eigenvalue weighted by Gasteiger charge is 2.60. The molecule has 2 bridgehead atoms. The van der Waals surface area contributed by atoms with Gasteiger partial charge in [0.1, 0.15) is 0 Å². The van der Waals surface area contributed by atoms with Gasteiger partial charge in [0.25, 0.3) is 0 Å². The minimum absolute atomic E-state index is 0.0384. The minimum Gasteiger partial charge on any atom is -0.274 e. The third-order valence-electron chi connectivity index (χ3n) is 6.62. The van der Waals surface area contributed by atoms with Crippen LogP contribution in [-0.4, -0.2) is 21.6 Å². The van der Waals surface area contributed by atoms with Crippen molar-refractivity contribution in [3.8, 4) is 0 Å². The van der Waals surface area contributed by atoms with Gasteiger partial charge in [-0.1, -0.05) is 36.4 Å². The minimum atomic E-state index is -0.175. The van der Waals surface area contributed by atoms with Gasteiger partial charge < -0.3 is 0 Å². The Labute approximate surface area is 158 Å². The molecule has 1 aromatic carbocycles. The molecule has 1 saturated carbocycles. The predicted molar refractivity (Wildman–Crippen MR) is 102 cm³/mol. The Morgan fingerprint density at radius 3 is 2.26 bits per heavy atom. The van der Waals surface area contributed by atoms with Crippen molar-refractivity contribution in [3.05, 3.63) is 58.9 Å². The Balaban J connectivity index is 1.52. The van der Waals surface area contributed by atoms with Crippen molar-refractivity contribution in [2.45, 2.75) is 33.7 Å². The van der Waals surface area contributed by atoms with E-state index in [1.165, 1.54) is 16.0 Å². The lowest BCUT2D eigenvalue weighted by molar-refractivity contribution is -0.123. The van der Waals surface area contributed by atoms with Crippen LogP contribution in [0.5, 0.6) is 0 Å². The second-order valence-corrected chi connectivity index (χ2v) is 8.12. The molecule has 2 aliphatic carbocycles. The van der Waals surface area contributed by atoms with E-state index in [-0.39, 0.29) is 35.5 Å². The Kier molecular flexibility index (Phi) is 3.45. The zero-order valence-electron chi connectivity index (χ0n) is 15.8. The fraction of sp³-hybridized carbons (Fsp3) is 0.409. The molecule has 0 N–H and O–H groups in total. The number of aryl methyl sites for hydroxylation is 2. The number of carbonyl (C=O) groups is 2. The van der Waals surface area contributed by atoms with Gasteiger partial charge in [-0.3, -0.25) is 14.3 Å². The van der Waals surface area contributed by atoms with Gasteiger partial charge in [-0.2, -0.15) is 5.10 Å². The molecule has 2 heterocycles. The van der Waals surface area contributed by atoms with Crippen LogP contribution in [0.1, 0.15) is 28.9 Å². The normalized spacial score (nSPS) is 28.5. The van der Waals surface area contributed by atoms with Crippen molar-refractivity contribution in [3.63, 3.8) is 0 Å². The van der Waals surface area contributed by atoms with Gasteiger partial charge in [-0.05, 0) is 50.2 Å². The maximum atomic E-state index is 13.1. The van der Waals surface area contributed by atoms with Crippen LogP contribution < -0.4 is 4.90 Å². The summed E-state index contributed by atoms with van der Waals surface area (Å²) in [6.45, 7) is 6.56. The topological polar surface area (TPSA) is 55.2 Å². The predicted octanol–water partition coefficient (Wildman–Crippen LogP) is 3.17. The lowest BCUT2D eigenvalue weighted by Crippen LogP contribution is -2.33. The highest BCUT2D eigenvalue weighted by atomic mass is 16.2. The third-order valence-corrected chi connectivity index (χ3v) is 6.62. The van der Waals surface area contributed by atoms with E-state index in [1.807, 2.05) is 30.7 Å². The number of hydrogen-bond donors (Lipinski definition) is 0. The number of nitrogens with zero attached hydrogens (tertiary/aromatic N) is 3. The number of rotatable bonds is 3. The molecule has 5 nitrogen and oxygen atoms in total. The van der Waals surface area contributed by atoms with E-state index in [1.54, 1.807) is 0 Å². The first-order chi connectivity index (χ1) is 13.0. The van der Waals surface area contributed by atoms with Crippen LogP contribution in [0.3, 0.4) is 0 Å². The number of allylic oxidation sites excluding steroid dienone is 2. The molecule has 4 atom stereocenters. The number of aromatic nitrogens is 2. The molecule has 1 aliphatic heterocycles. The fourth-order valence-electron chi connectivity index (χ4n) is 5.24. The first-order valence-corrected chi connectivity index (χ1v) is 9.62. The highest BCUT2D eigenvalue weighted by molar-refractivity contribution is 6.23. The zero-order chi connectivity index (χ0) is 18.9. The Morgan fingerprint density at radius 2 is 1.63 bits per heavy atom. The molecule has 0 spiro atoms. The summed E-state index contributed by atoms with van der Waals surface area (Å²) in [5, 5.41) is 4.66. The maximum Gasteiger partial charge on any atom is 0.238 e. The summed E-state index contributed by atoms with van der Waals surface area (Å²) in [6.07, 6.45) is 5.20. The summed E-state index contributed by atoms with van der Waals surface area (Å²) < 4.78 is 1.91. The molecule has 2 aromatic rings. The average Bonchev–Trinajstić information content (AvgIpc) is 3.37. The Hall–Kier alpha value is -2.69. The molecule has 0 radical (unpaired) electrons. The standard InChI is InChI=1S/C22H23N3O2/c1-12-6-4-5-7-17(12)11-24-14(3)20(13(2)23-24)25-21(26)18-15-8-9-16(10-15)19(18)22(25)27/h4-9,15-16,18-19H,10-11H2,1-3H3/t15-,16-,18-,19+/m0/s1. The molecule has 27 heavy (non-hydrogen) atoms. The van der Waals surface area contributed by atoms with Crippen LogP contribution in [0.15, 0.2) is 36.4 Å². The number of carbonyl (C=O) groups excluding carboxylic acids is 2. The zero-order valence-corrected chi connectivity index (χ0v) is 15.8. The van der Waals surface area contributed by atoms with Crippen molar-refractivity contribution in [1.29, 1.82) is 0 Å². The van der Waals surface area contributed by atoms with Crippen molar-refractivity contribution in [1.82, 2.24) is 9.78 Å². The number of fused-ring (bicyclic) bond motifs is 5. The average molecular weight is 361 g/mol. The van der Waals surface area contributed by atoms with Gasteiger partial charge in [0.05, 0.1) is 35.5 Å². The van der Waals surface area contributed by atoms with Gasteiger partial charge >= 0.3 is 0 Å². The van der Waals surface area contributed by atoms with Crippen LogP contribution in [0.4, 0.5) is 5.69 Å². The monoisotopic (exact) mass is 361 g/mol. The van der Waals surface area contributed by atoms with E-state index in [4.69, 9.17) is 0 Å². The molecule has 2 amide bonds. The summed E-state index contributed by atoms with van der Waals surface area (Å²) in [4.78, 5) is 27.7. The molecule has 5 heteroatoms. The Morgan fingerprint density at radius 1 is 1.00 bits per heavy atom. The van der Waals surface area contributed by atoms with E-state index >= 15 is 0 Å². The summed E-state index contributed by atoms with van der Waals surface area (Å²) in [7, 11) is 0. The first-order valence-electron chi connectivity index (χ1n) is 9.62. The second-order valence-electron chi connectivity index (χ2n) is 8.12. The largest absolute Gasteiger partial charge is 0.274 e. The number of benzene rings is 1. The quantitative estimate of drug-likeness (QED) is 0.623. The Bertz CT molecular complexity index is 973. The summed E-state index contributed by atoms with van der Waals surface area (Å²) in [5.74, 6) is 0.0252. The number of amides is 2. The number of anilines is 1.